The fraction of sp³-hybridized carbons (Fsp3) is 0.750. The molecule has 1 rings (SSSR count). The molecule has 0 aromatic heterocycles. The number of carbonyl (C=O) groups excluding carboxylic acids is 1. The summed E-state index contributed by atoms with van der Waals surface area (Å²) in [5.74, 6) is -0.864. The van der Waals surface area contributed by atoms with Gasteiger partial charge in [-0.2, -0.15) is 0 Å². The Labute approximate surface area is 71.0 Å². The Morgan fingerprint density at radius 2 is 2.00 bits per heavy atom. The van der Waals surface area contributed by atoms with Gasteiger partial charge >= 0.3 is 5.97 Å². The van der Waals surface area contributed by atoms with Crippen molar-refractivity contribution in [1.82, 2.24) is 5.32 Å². The van der Waals surface area contributed by atoms with Crippen molar-refractivity contribution < 1.29 is 14.7 Å². The lowest BCUT2D eigenvalue weighted by Crippen LogP contribution is -2.52. The fourth-order valence-corrected chi connectivity index (χ4v) is 1.59. The second-order valence-electron chi connectivity index (χ2n) is 3.67. The Morgan fingerprint density at radius 1 is 1.50 bits per heavy atom. The summed E-state index contributed by atoms with van der Waals surface area (Å²) >= 11 is 0. The van der Waals surface area contributed by atoms with Crippen LogP contribution < -0.4 is 5.32 Å². The normalized spacial score (nSPS) is 33.7. The van der Waals surface area contributed by atoms with Gasteiger partial charge in [-0.1, -0.05) is 0 Å². The number of carboxylic acid groups (broad SMARTS) is 1. The van der Waals surface area contributed by atoms with Crippen molar-refractivity contribution in [2.24, 2.45) is 5.41 Å². The number of nitrogens with one attached hydrogen (secondary N) is 1. The molecule has 0 aromatic carbocycles. The lowest BCUT2D eigenvalue weighted by atomic mass is 9.67. The Bertz CT molecular complexity index is 218. The van der Waals surface area contributed by atoms with Crippen LogP contribution in [0.15, 0.2) is 0 Å². The molecule has 0 atom stereocenters. The number of hydrogen-bond acceptors (Lipinski definition) is 2. The summed E-state index contributed by atoms with van der Waals surface area (Å²) in [6.07, 6.45) is 1.09. The standard InChI is InChI=1S/C8H13NO3/c1-5(10)9-6-3-8(2,4-6)7(11)12/h6H,3-4H2,1-2H3,(H,9,10)(H,11,12)/t6-,8+. The molecule has 0 unspecified atom stereocenters. The van der Waals surface area contributed by atoms with E-state index in [-0.39, 0.29) is 11.9 Å². The highest BCUT2D eigenvalue weighted by atomic mass is 16.4. The van der Waals surface area contributed by atoms with Crippen LogP contribution in [0.4, 0.5) is 0 Å². The van der Waals surface area contributed by atoms with Crippen molar-refractivity contribution in [3.05, 3.63) is 0 Å². The second kappa shape index (κ2) is 2.77. The molecule has 0 saturated heterocycles. The summed E-state index contributed by atoms with van der Waals surface area (Å²) in [4.78, 5) is 21.2. The van der Waals surface area contributed by atoms with E-state index in [2.05, 4.69) is 5.32 Å². The van der Waals surface area contributed by atoms with E-state index in [1.807, 2.05) is 0 Å². The highest BCUT2D eigenvalue weighted by molar-refractivity contribution is 5.77. The number of hydrogen-bond donors (Lipinski definition) is 2. The maximum Gasteiger partial charge on any atom is 0.309 e. The molecule has 0 aliphatic heterocycles. The van der Waals surface area contributed by atoms with Gasteiger partial charge in [0.15, 0.2) is 0 Å². The van der Waals surface area contributed by atoms with Crippen LogP contribution in [-0.2, 0) is 9.59 Å². The Kier molecular flexibility index (Phi) is 2.08. The molecule has 1 amide bonds. The monoisotopic (exact) mass is 171 g/mol. The topological polar surface area (TPSA) is 66.4 Å². The van der Waals surface area contributed by atoms with Crippen molar-refractivity contribution in [3.8, 4) is 0 Å². The number of aliphatic carboxylic acids is 1. The molecule has 1 saturated carbocycles. The van der Waals surface area contributed by atoms with Gasteiger partial charge in [-0.15, -0.1) is 0 Å². The van der Waals surface area contributed by atoms with Gasteiger partial charge in [0, 0.05) is 13.0 Å². The van der Waals surface area contributed by atoms with Crippen LogP contribution >= 0.6 is 0 Å². The van der Waals surface area contributed by atoms with Crippen LogP contribution in [0.1, 0.15) is 26.7 Å². The average molecular weight is 171 g/mol. The molecule has 1 fully saturated rings. The maximum absolute atomic E-state index is 10.6. The molecule has 0 aromatic rings. The SMILES string of the molecule is CC(=O)N[C@H]1C[C@@](C)(C(=O)O)C1. The van der Waals surface area contributed by atoms with Gasteiger partial charge in [-0.3, -0.25) is 9.59 Å². The summed E-state index contributed by atoms with van der Waals surface area (Å²) < 4.78 is 0. The highest BCUT2D eigenvalue weighted by Crippen LogP contribution is 2.40. The lowest BCUT2D eigenvalue weighted by molar-refractivity contribution is -0.155. The van der Waals surface area contributed by atoms with Crippen LogP contribution in [0.25, 0.3) is 0 Å². The molecule has 4 nitrogen and oxygen atoms in total. The molecule has 1 aliphatic rings. The first-order valence-corrected chi connectivity index (χ1v) is 3.94. The minimum Gasteiger partial charge on any atom is -0.481 e. The van der Waals surface area contributed by atoms with E-state index in [0.717, 1.165) is 0 Å². The molecule has 2 N–H and O–H groups in total. The van der Waals surface area contributed by atoms with Gasteiger partial charge < -0.3 is 10.4 Å². The molecular formula is C8H13NO3. The first-order chi connectivity index (χ1) is 5.44. The quantitative estimate of drug-likeness (QED) is 0.631. The van der Waals surface area contributed by atoms with Crippen molar-refractivity contribution in [2.45, 2.75) is 32.7 Å². The smallest absolute Gasteiger partial charge is 0.309 e. The third-order valence-corrected chi connectivity index (χ3v) is 2.32. The predicted molar refractivity (Wildman–Crippen MR) is 42.6 cm³/mol. The third-order valence-electron chi connectivity index (χ3n) is 2.32. The number of carbonyl (C=O) groups is 2. The van der Waals surface area contributed by atoms with E-state index in [0.29, 0.717) is 12.8 Å². The fourth-order valence-electron chi connectivity index (χ4n) is 1.59. The van der Waals surface area contributed by atoms with E-state index in [4.69, 9.17) is 5.11 Å². The zero-order valence-corrected chi connectivity index (χ0v) is 7.26. The van der Waals surface area contributed by atoms with Crippen LogP contribution in [0.3, 0.4) is 0 Å². The van der Waals surface area contributed by atoms with E-state index in [1.165, 1.54) is 6.92 Å². The van der Waals surface area contributed by atoms with Gasteiger partial charge in [0.2, 0.25) is 5.91 Å². The van der Waals surface area contributed by atoms with E-state index in [1.54, 1.807) is 6.92 Å². The van der Waals surface area contributed by atoms with E-state index < -0.39 is 11.4 Å². The van der Waals surface area contributed by atoms with Crippen molar-refractivity contribution in [1.29, 1.82) is 0 Å². The summed E-state index contributed by atoms with van der Waals surface area (Å²) in [7, 11) is 0. The minimum atomic E-state index is -0.774. The van der Waals surface area contributed by atoms with Gasteiger partial charge in [0.25, 0.3) is 0 Å². The average Bonchev–Trinajstić information content (AvgIpc) is 1.82. The largest absolute Gasteiger partial charge is 0.481 e. The molecule has 0 radical (unpaired) electrons. The van der Waals surface area contributed by atoms with Crippen molar-refractivity contribution >= 4 is 11.9 Å². The molecule has 0 heterocycles. The van der Waals surface area contributed by atoms with Gasteiger partial charge in [-0.05, 0) is 19.8 Å². The zero-order chi connectivity index (χ0) is 9.35. The molecule has 4 heteroatoms. The molecule has 12 heavy (non-hydrogen) atoms. The Hall–Kier alpha value is -1.06. The van der Waals surface area contributed by atoms with E-state index >= 15 is 0 Å². The lowest BCUT2D eigenvalue weighted by Gasteiger charge is -2.41. The molecule has 0 bridgehead atoms. The van der Waals surface area contributed by atoms with Crippen LogP contribution in [0.2, 0.25) is 0 Å². The van der Waals surface area contributed by atoms with Gasteiger partial charge in [0.1, 0.15) is 0 Å². The van der Waals surface area contributed by atoms with Gasteiger partial charge in [0.05, 0.1) is 5.41 Å². The van der Waals surface area contributed by atoms with Gasteiger partial charge in [-0.25, -0.2) is 0 Å². The van der Waals surface area contributed by atoms with Crippen LogP contribution in [0.5, 0.6) is 0 Å². The maximum atomic E-state index is 10.6. The number of carboxylic acids is 1. The molecule has 1 aliphatic carbocycles. The third kappa shape index (κ3) is 1.57. The second-order valence-corrected chi connectivity index (χ2v) is 3.67. The zero-order valence-electron chi connectivity index (χ0n) is 7.26. The minimum absolute atomic E-state index is 0.0589. The predicted octanol–water partition coefficient (Wildman–Crippen LogP) is 0.376. The molecular weight excluding hydrogens is 158 g/mol. The van der Waals surface area contributed by atoms with E-state index in [9.17, 15) is 9.59 Å². The number of rotatable bonds is 2. The number of amides is 1. The van der Waals surface area contributed by atoms with Crippen molar-refractivity contribution in [2.75, 3.05) is 0 Å². The summed E-state index contributed by atoms with van der Waals surface area (Å²) in [6.45, 7) is 3.14. The Balaban J connectivity index is 2.37. The first-order valence-electron chi connectivity index (χ1n) is 3.94. The molecule has 68 valence electrons. The van der Waals surface area contributed by atoms with Crippen molar-refractivity contribution in [3.63, 3.8) is 0 Å². The summed E-state index contributed by atoms with van der Waals surface area (Å²) in [5, 5.41) is 11.4. The highest BCUT2D eigenvalue weighted by Gasteiger charge is 2.46. The molecule has 0 spiro atoms. The summed E-state index contributed by atoms with van der Waals surface area (Å²) in [6, 6.07) is 0.0589. The first kappa shape index (κ1) is 9.03. The Morgan fingerprint density at radius 3 is 2.33 bits per heavy atom. The van der Waals surface area contributed by atoms with Crippen LogP contribution in [-0.4, -0.2) is 23.0 Å². The van der Waals surface area contributed by atoms with Crippen LogP contribution in [0, 0.1) is 5.41 Å². The summed E-state index contributed by atoms with van der Waals surface area (Å²) in [5.41, 5.74) is -0.618.